The zero-order chi connectivity index (χ0) is 23.5. The molecule has 0 saturated carbocycles. The molecule has 2 aromatic carbocycles. The minimum atomic E-state index is -1.07. The second-order valence-electron chi connectivity index (χ2n) is 6.73. The van der Waals surface area contributed by atoms with E-state index in [1.54, 1.807) is 37.4 Å². The highest BCUT2D eigenvalue weighted by Gasteiger charge is 2.17. The second kappa shape index (κ2) is 12.1. The Bertz CT molecular complexity index is 1080. The van der Waals surface area contributed by atoms with Crippen LogP contribution in [0.25, 0.3) is 23.1 Å². The van der Waals surface area contributed by atoms with E-state index < -0.39 is 5.97 Å². The molecule has 3 aromatic rings. The maximum Gasteiger partial charge on any atom is 0.339 e. The molecule has 9 heteroatoms. The fourth-order valence-corrected chi connectivity index (χ4v) is 2.82. The maximum absolute atomic E-state index is 12.9. The number of nitrogens with zero attached hydrogens (tertiary/aromatic N) is 1. The molecule has 0 fully saturated rings. The Morgan fingerprint density at radius 2 is 1.91 bits per heavy atom. The number of hydrogen-bond acceptors (Lipinski definition) is 4. The van der Waals surface area contributed by atoms with Gasteiger partial charge in [-0.1, -0.05) is 31.6 Å². The van der Waals surface area contributed by atoms with Crippen molar-refractivity contribution in [3.63, 3.8) is 0 Å². The van der Waals surface area contributed by atoms with E-state index in [0.717, 1.165) is 24.9 Å². The Balaban J connectivity index is 0.000000344. The molecule has 2 amide bonds. The van der Waals surface area contributed by atoms with Gasteiger partial charge in [-0.2, -0.15) is 5.10 Å². The molecular formula is C23H27FN4O4. The third-order valence-corrected chi connectivity index (χ3v) is 4.49. The number of urea groups is 1. The van der Waals surface area contributed by atoms with Gasteiger partial charge in [0.25, 0.3) is 0 Å². The fraction of sp³-hybridized carbons (Fsp3) is 0.261. The Morgan fingerprint density at radius 1 is 1.19 bits per heavy atom. The summed E-state index contributed by atoms with van der Waals surface area (Å²) in [5, 5.41) is 22.0. The average molecular weight is 442 g/mol. The van der Waals surface area contributed by atoms with Gasteiger partial charge < -0.3 is 20.5 Å². The summed E-state index contributed by atoms with van der Waals surface area (Å²) in [5.74, 6) is -1.12. The predicted octanol–water partition coefficient (Wildman–Crippen LogP) is 4.29. The van der Waals surface area contributed by atoms with Crippen LogP contribution in [-0.4, -0.2) is 48.0 Å². The van der Waals surface area contributed by atoms with E-state index in [-0.39, 0.29) is 23.2 Å². The number of ether oxygens (including phenoxy) is 1. The topological polar surface area (TPSA) is 116 Å². The Morgan fingerprint density at radius 3 is 2.50 bits per heavy atom. The number of rotatable bonds is 7. The number of nitrogens with one attached hydrogen (secondary N) is 3. The first-order valence-electron chi connectivity index (χ1n) is 10.1. The lowest BCUT2D eigenvalue weighted by atomic mass is 10.1. The van der Waals surface area contributed by atoms with Gasteiger partial charge in [0.2, 0.25) is 0 Å². The standard InChI is InChI=1S/C17H13FN2O3.C6H14N2O/c1-23-16-12(17(21)22)7-9-14-15(16)13(19-20-14)8-4-10-2-5-11(18)6-3-10;1-3-4-5-8-6(9)7-2/h2-9H,1H3,(H,19,20)(H,21,22);3-5H2,1-2H3,(H2,7,8,9)/b8-4+;. The van der Waals surface area contributed by atoms with E-state index in [2.05, 4.69) is 27.8 Å². The normalized spacial score (nSPS) is 10.5. The number of methoxy groups -OCH3 is 1. The molecule has 0 radical (unpaired) electrons. The van der Waals surface area contributed by atoms with Crippen LogP contribution >= 0.6 is 0 Å². The molecule has 0 aliphatic carbocycles. The molecule has 1 aromatic heterocycles. The Labute approximate surface area is 185 Å². The molecule has 0 bridgehead atoms. The highest BCUT2D eigenvalue weighted by Crippen LogP contribution is 2.32. The Hall–Kier alpha value is -3.88. The molecule has 0 aliphatic heterocycles. The molecule has 170 valence electrons. The van der Waals surface area contributed by atoms with Crippen LogP contribution in [0.3, 0.4) is 0 Å². The smallest absolute Gasteiger partial charge is 0.339 e. The van der Waals surface area contributed by atoms with Crippen molar-refractivity contribution in [1.82, 2.24) is 20.8 Å². The van der Waals surface area contributed by atoms with Crippen molar-refractivity contribution in [2.75, 3.05) is 20.7 Å². The number of halogens is 1. The fourth-order valence-electron chi connectivity index (χ4n) is 2.82. The van der Waals surface area contributed by atoms with Crippen LogP contribution in [0.15, 0.2) is 36.4 Å². The number of fused-ring (bicyclic) bond motifs is 1. The number of aromatic nitrogens is 2. The van der Waals surface area contributed by atoms with Gasteiger partial charge in [-0.3, -0.25) is 5.10 Å². The van der Waals surface area contributed by atoms with Gasteiger partial charge in [0.15, 0.2) is 0 Å². The molecule has 32 heavy (non-hydrogen) atoms. The molecule has 0 aliphatic rings. The van der Waals surface area contributed by atoms with E-state index >= 15 is 0 Å². The highest BCUT2D eigenvalue weighted by atomic mass is 19.1. The number of H-pyrrole nitrogens is 1. The summed E-state index contributed by atoms with van der Waals surface area (Å²) in [5.41, 5.74) is 2.09. The van der Waals surface area contributed by atoms with Crippen molar-refractivity contribution >= 4 is 35.1 Å². The van der Waals surface area contributed by atoms with E-state index in [4.69, 9.17) is 4.74 Å². The number of benzene rings is 2. The monoisotopic (exact) mass is 442 g/mol. The molecule has 0 saturated heterocycles. The summed E-state index contributed by atoms with van der Waals surface area (Å²) in [4.78, 5) is 21.8. The lowest BCUT2D eigenvalue weighted by Crippen LogP contribution is -2.33. The van der Waals surface area contributed by atoms with Crippen LogP contribution in [0.4, 0.5) is 9.18 Å². The number of hydrogen-bond donors (Lipinski definition) is 4. The van der Waals surface area contributed by atoms with Crippen LogP contribution in [0.5, 0.6) is 5.75 Å². The van der Waals surface area contributed by atoms with Crippen molar-refractivity contribution in [3.8, 4) is 5.75 Å². The molecule has 0 atom stereocenters. The summed E-state index contributed by atoms with van der Waals surface area (Å²) in [7, 11) is 3.03. The number of carboxylic acids is 1. The zero-order valence-corrected chi connectivity index (χ0v) is 18.2. The van der Waals surface area contributed by atoms with Crippen LogP contribution in [0.2, 0.25) is 0 Å². The van der Waals surface area contributed by atoms with E-state index in [9.17, 15) is 19.1 Å². The van der Waals surface area contributed by atoms with Gasteiger partial charge in [-0.25, -0.2) is 14.0 Å². The van der Waals surface area contributed by atoms with Crippen molar-refractivity contribution < 1.29 is 23.8 Å². The number of aromatic carboxylic acids is 1. The number of amides is 2. The van der Waals surface area contributed by atoms with Gasteiger partial charge in [0.1, 0.15) is 17.1 Å². The number of carbonyl (C=O) groups is 2. The van der Waals surface area contributed by atoms with Crippen molar-refractivity contribution in [2.24, 2.45) is 0 Å². The molecule has 8 nitrogen and oxygen atoms in total. The summed E-state index contributed by atoms with van der Waals surface area (Å²) in [6, 6.07) is 9.03. The van der Waals surface area contributed by atoms with Crippen LogP contribution < -0.4 is 15.4 Å². The largest absolute Gasteiger partial charge is 0.495 e. The van der Waals surface area contributed by atoms with Gasteiger partial charge >= 0.3 is 12.0 Å². The quantitative estimate of drug-likeness (QED) is 0.407. The minimum absolute atomic E-state index is 0.0674. The number of aromatic amines is 1. The molecular weight excluding hydrogens is 415 g/mol. The summed E-state index contributed by atoms with van der Waals surface area (Å²) >= 11 is 0. The van der Waals surface area contributed by atoms with Crippen molar-refractivity contribution in [1.29, 1.82) is 0 Å². The van der Waals surface area contributed by atoms with Crippen molar-refractivity contribution in [3.05, 3.63) is 59.0 Å². The minimum Gasteiger partial charge on any atom is -0.495 e. The van der Waals surface area contributed by atoms with Crippen LogP contribution in [-0.2, 0) is 0 Å². The third-order valence-electron chi connectivity index (χ3n) is 4.49. The van der Waals surface area contributed by atoms with Crippen molar-refractivity contribution in [2.45, 2.75) is 19.8 Å². The Kier molecular flexibility index (Phi) is 9.22. The SMILES string of the molecule is CCCCNC(=O)NC.COc1c(C(=O)O)ccc2[nH]nc(/C=C/c3ccc(F)cc3)c12. The second-order valence-corrected chi connectivity index (χ2v) is 6.73. The van der Waals surface area contributed by atoms with E-state index in [1.807, 2.05) is 0 Å². The highest BCUT2D eigenvalue weighted by molar-refractivity contribution is 6.02. The zero-order valence-electron chi connectivity index (χ0n) is 18.2. The average Bonchev–Trinajstić information content (AvgIpc) is 3.21. The number of unbranched alkanes of at least 4 members (excludes halogenated alkanes) is 1. The first-order valence-corrected chi connectivity index (χ1v) is 10.1. The summed E-state index contributed by atoms with van der Waals surface area (Å²) < 4.78 is 18.2. The third kappa shape index (κ3) is 6.56. The predicted molar refractivity (Wildman–Crippen MR) is 122 cm³/mol. The molecule has 0 spiro atoms. The van der Waals surface area contributed by atoms with Crippen LogP contribution in [0.1, 0.15) is 41.4 Å². The first-order chi connectivity index (χ1) is 15.4. The molecule has 4 N–H and O–H groups in total. The van der Waals surface area contributed by atoms with Crippen LogP contribution in [0, 0.1) is 5.82 Å². The van der Waals surface area contributed by atoms with E-state index in [0.29, 0.717) is 16.6 Å². The molecule has 0 unspecified atom stereocenters. The summed E-state index contributed by atoms with van der Waals surface area (Å²) in [6.45, 7) is 2.86. The number of carboxylic acid groups (broad SMARTS) is 1. The van der Waals surface area contributed by atoms with E-state index in [1.165, 1.54) is 25.3 Å². The van der Waals surface area contributed by atoms with Gasteiger partial charge in [-0.15, -0.1) is 0 Å². The molecule has 1 heterocycles. The van der Waals surface area contributed by atoms with Gasteiger partial charge in [-0.05, 0) is 42.3 Å². The first kappa shape index (κ1) is 24.4. The lowest BCUT2D eigenvalue weighted by molar-refractivity contribution is 0.0693. The van der Waals surface area contributed by atoms with Gasteiger partial charge in [0.05, 0.1) is 23.7 Å². The van der Waals surface area contributed by atoms with Gasteiger partial charge in [0, 0.05) is 13.6 Å². The lowest BCUT2D eigenvalue weighted by Gasteiger charge is -2.06. The molecule has 3 rings (SSSR count). The maximum atomic E-state index is 12.9. The summed E-state index contributed by atoms with van der Waals surface area (Å²) in [6.07, 6.45) is 5.65. The number of carbonyl (C=O) groups excluding carboxylic acids is 1.